The number of carboxylic acid groups (broad SMARTS) is 1. The van der Waals surface area contributed by atoms with Crippen LogP contribution in [0.15, 0.2) is 53.0 Å². The number of halogens is 1. The van der Waals surface area contributed by atoms with E-state index in [9.17, 15) is 4.79 Å². The first-order valence-corrected chi connectivity index (χ1v) is 7.17. The van der Waals surface area contributed by atoms with Gasteiger partial charge < -0.3 is 10.4 Å². The van der Waals surface area contributed by atoms with Gasteiger partial charge in [0.25, 0.3) is 0 Å². The Labute approximate surface area is 126 Å². The summed E-state index contributed by atoms with van der Waals surface area (Å²) in [5.41, 5.74) is 2.58. The van der Waals surface area contributed by atoms with Crippen LogP contribution in [-0.2, 0) is 6.54 Å². The van der Waals surface area contributed by atoms with Gasteiger partial charge in [0.2, 0.25) is 0 Å². The second kappa shape index (κ2) is 6.68. The van der Waals surface area contributed by atoms with Gasteiger partial charge in [-0.15, -0.1) is 0 Å². The molecule has 0 aliphatic carbocycles. The van der Waals surface area contributed by atoms with Gasteiger partial charge >= 0.3 is 5.97 Å². The average molecular weight is 334 g/mol. The second-order valence-corrected chi connectivity index (χ2v) is 5.48. The SMILES string of the molecule is C[C@@H](NCc1ccc(C(=O)O)cc1)c1ccccc1Br. The third-order valence-electron chi connectivity index (χ3n) is 3.18. The van der Waals surface area contributed by atoms with Crippen molar-refractivity contribution in [1.82, 2.24) is 5.32 Å². The van der Waals surface area contributed by atoms with Crippen LogP contribution in [0.5, 0.6) is 0 Å². The smallest absolute Gasteiger partial charge is 0.335 e. The minimum absolute atomic E-state index is 0.213. The van der Waals surface area contributed by atoms with Crippen LogP contribution in [0.4, 0.5) is 0 Å². The first kappa shape index (κ1) is 14.8. The summed E-state index contributed by atoms with van der Waals surface area (Å²) >= 11 is 3.54. The van der Waals surface area contributed by atoms with Crippen LogP contribution in [0.1, 0.15) is 34.5 Å². The van der Waals surface area contributed by atoms with Crippen LogP contribution >= 0.6 is 15.9 Å². The third kappa shape index (κ3) is 3.68. The van der Waals surface area contributed by atoms with E-state index in [-0.39, 0.29) is 6.04 Å². The van der Waals surface area contributed by atoms with E-state index in [2.05, 4.69) is 34.2 Å². The van der Waals surface area contributed by atoms with Crippen LogP contribution in [0, 0.1) is 0 Å². The number of nitrogens with one attached hydrogen (secondary N) is 1. The Kier molecular flexibility index (Phi) is 4.93. The monoisotopic (exact) mass is 333 g/mol. The summed E-state index contributed by atoms with van der Waals surface area (Å²) in [5.74, 6) is -0.897. The van der Waals surface area contributed by atoms with Gasteiger partial charge in [-0.2, -0.15) is 0 Å². The Morgan fingerprint density at radius 3 is 2.45 bits per heavy atom. The Hall–Kier alpha value is -1.65. The summed E-state index contributed by atoms with van der Waals surface area (Å²) in [6.45, 7) is 2.80. The van der Waals surface area contributed by atoms with Gasteiger partial charge in [-0.1, -0.05) is 46.3 Å². The van der Waals surface area contributed by atoms with E-state index in [0.717, 1.165) is 10.0 Å². The van der Waals surface area contributed by atoms with Crippen LogP contribution in [0.25, 0.3) is 0 Å². The van der Waals surface area contributed by atoms with E-state index >= 15 is 0 Å². The van der Waals surface area contributed by atoms with E-state index in [4.69, 9.17) is 5.11 Å². The second-order valence-electron chi connectivity index (χ2n) is 4.63. The fourth-order valence-electron chi connectivity index (χ4n) is 1.97. The first-order valence-electron chi connectivity index (χ1n) is 6.38. The van der Waals surface area contributed by atoms with Gasteiger partial charge in [-0.3, -0.25) is 0 Å². The molecule has 0 aromatic heterocycles. The fourth-order valence-corrected chi connectivity index (χ4v) is 2.60. The Morgan fingerprint density at radius 1 is 1.20 bits per heavy atom. The summed E-state index contributed by atoms with van der Waals surface area (Å²) < 4.78 is 1.08. The van der Waals surface area contributed by atoms with Crippen molar-refractivity contribution in [2.75, 3.05) is 0 Å². The van der Waals surface area contributed by atoms with Crippen molar-refractivity contribution in [1.29, 1.82) is 0 Å². The van der Waals surface area contributed by atoms with E-state index in [0.29, 0.717) is 12.1 Å². The molecule has 0 unspecified atom stereocenters. The lowest BCUT2D eigenvalue weighted by molar-refractivity contribution is 0.0697. The van der Waals surface area contributed by atoms with Gasteiger partial charge in [0.05, 0.1) is 5.56 Å². The summed E-state index contributed by atoms with van der Waals surface area (Å²) in [5, 5.41) is 12.3. The topological polar surface area (TPSA) is 49.3 Å². The molecule has 2 aromatic rings. The van der Waals surface area contributed by atoms with Gasteiger partial charge in [-0.05, 0) is 36.2 Å². The summed E-state index contributed by atoms with van der Waals surface area (Å²) in [4.78, 5) is 10.8. The molecule has 0 fully saturated rings. The van der Waals surface area contributed by atoms with Crippen LogP contribution in [-0.4, -0.2) is 11.1 Å². The third-order valence-corrected chi connectivity index (χ3v) is 3.91. The van der Waals surface area contributed by atoms with Crippen molar-refractivity contribution in [2.45, 2.75) is 19.5 Å². The van der Waals surface area contributed by atoms with Crippen molar-refractivity contribution < 1.29 is 9.90 Å². The molecule has 0 saturated carbocycles. The quantitative estimate of drug-likeness (QED) is 0.869. The maximum Gasteiger partial charge on any atom is 0.335 e. The van der Waals surface area contributed by atoms with Crippen LogP contribution < -0.4 is 5.32 Å². The molecule has 2 rings (SSSR count). The first-order chi connectivity index (χ1) is 9.58. The number of benzene rings is 2. The zero-order valence-corrected chi connectivity index (χ0v) is 12.7. The molecule has 104 valence electrons. The molecule has 0 bridgehead atoms. The molecule has 20 heavy (non-hydrogen) atoms. The number of rotatable bonds is 5. The molecule has 0 heterocycles. The van der Waals surface area contributed by atoms with Crippen LogP contribution in [0.2, 0.25) is 0 Å². The number of hydrogen-bond donors (Lipinski definition) is 2. The standard InChI is InChI=1S/C16H16BrNO2/c1-11(14-4-2-3-5-15(14)17)18-10-12-6-8-13(9-7-12)16(19)20/h2-9,11,18H,10H2,1H3,(H,19,20)/t11-/m1/s1. The zero-order valence-electron chi connectivity index (χ0n) is 11.1. The lowest BCUT2D eigenvalue weighted by atomic mass is 10.1. The maximum absolute atomic E-state index is 10.8. The number of carboxylic acids is 1. The Morgan fingerprint density at radius 2 is 1.85 bits per heavy atom. The molecule has 0 amide bonds. The van der Waals surface area contributed by atoms with Crippen molar-refractivity contribution in [2.24, 2.45) is 0 Å². The molecule has 2 aromatic carbocycles. The number of carbonyl (C=O) groups is 1. The minimum Gasteiger partial charge on any atom is -0.478 e. The van der Waals surface area contributed by atoms with E-state index in [1.54, 1.807) is 12.1 Å². The molecular formula is C16H16BrNO2. The number of hydrogen-bond acceptors (Lipinski definition) is 2. The van der Waals surface area contributed by atoms with Gasteiger partial charge in [-0.25, -0.2) is 4.79 Å². The van der Waals surface area contributed by atoms with Crippen molar-refractivity contribution >= 4 is 21.9 Å². The van der Waals surface area contributed by atoms with Crippen molar-refractivity contribution in [3.8, 4) is 0 Å². The predicted molar refractivity (Wildman–Crippen MR) is 82.8 cm³/mol. The average Bonchev–Trinajstić information content (AvgIpc) is 2.45. The predicted octanol–water partition coefficient (Wildman–Crippen LogP) is 4.00. The van der Waals surface area contributed by atoms with Crippen molar-refractivity contribution in [3.05, 3.63) is 69.7 Å². The highest BCUT2D eigenvalue weighted by Crippen LogP contribution is 2.22. The van der Waals surface area contributed by atoms with Gasteiger partial charge in [0, 0.05) is 17.1 Å². The summed E-state index contributed by atoms with van der Waals surface area (Å²) in [7, 11) is 0. The molecule has 4 heteroatoms. The Balaban J connectivity index is 1.98. The van der Waals surface area contributed by atoms with Crippen molar-refractivity contribution in [3.63, 3.8) is 0 Å². The Bertz CT molecular complexity index is 596. The lowest BCUT2D eigenvalue weighted by Gasteiger charge is -2.16. The normalized spacial score (nSPS) is 12.1. The highest BCUT2D eigenvalue weighted by molar-refractivity contribution is 9.10. The maximum atomic E-state index is 10.8. The molecule has 0 saturated heterocycles. The highest BCUT2D eigenvalue weighted by atomic mass is 79.9. The molecular weight excluding hydrogens is 318 g/mol. The lowest BCUT2D eigenvalue weighted by Crippen LogP contribution is -2.18. The zero-order chi connectivity index (χ0) is 14.5. The fraction of sp³-hybridized carbons (Fsp3) is 0.188. The molecule has 0 radical (unpaired) electrons. The molecule has 0 aliphatic rings. The number of aromatic carboxylic acids is 1. The molecule has 2 N–H and O–H groups in total. The largest absolute Gasteiger partial charge is 0.478 e. The molecule has 1 atom stereocenters. The van der Waals surface area contributed by atoms with Gasteiger partial charge in [0.1, 0.15) is 0 Å². The molecule has 0 spiro atoms. The van der Waals surface area contributed by atoms with E-state index in [1.807, 2.05) is 30.3 Å². The van der Waals surface area contributed by atoms with Gasteiger partial charge in [0.15, 0.2) is 0 Å². The minimum atomic E-state index is -0.897. The van der Waals surface area contributed by atoms with E-state index in [1.165, 1.54) is 5.56 Å². The van der Waals surface area contributed by atoms with Crippen LogP contribution in [0.3, 0.4) is 0 Å². The summed E-state index contributed by atoms with van der Waals surface area (Å²) in [6, 6.07) is 15.2. The highest BCUT2D eigenvalue weighted by Gasteiger charge is 2.08. The molecule has 3 nitrogen and oxygen atoms in total. The summed E-state index contributed by atoms with van der Waals surface area (Å²) in [6.07, 6.45) is 0. The molecule has 0 aliphatic heterocycles. The van der Waals surface area contributed by atoms with E-state index < -0.39 is 5.97 Å².